The number of nitro benzene ring substituents is 1. The fourth-order valence-corrected chi connectivity index (χ4v) is 8.80. The molecule has 0 aliphatic rings. The summed E-state index contributed by atoms with van der Waals surface area (Å²) in [6.07, 6.45) is 0. The number of nitrogens with one attached hydrogen (secondary N) is 1. The Kier molecular flexibility index (Phi) is 21.3. The number of phenols is 7. The first-order chi connectivity index (χ1) is 38.8. The first-order valence-electron chi connectivity index (χ1n) is 22.9. The monoisotopic (exact) mass is 1220 g/mol. The molecule has 0 atom stereocenters. The fourth-order valence-electron chi connectivity index (χ4n) is 7.05. The minimum atomic E-state index is -4.61. The Bertz CT molecular complexity index is 4010. The molecule has 0 spiro atoms. The van der Waals surface area contributed by atoms with E-state index in [0.717, 1.165) is 60.0 Å². The molecule has 0 heterocycles. The molecule has 9 aromatic rings. The van der Waals surface area contributed by atoms with Crippen LogP contribution in [0.3, 0.4) is 0 Å². The van der Waals surface area contributed by atoms with Crippen molar-refractivity contribution >= 4 is 105 Å². The van der Waals surface area contributed by atoms with Crippen LogP contribution in [0.15, 0.2) is 178 Å². The number of fused-ring (bicyclic) bond motifs is 1. The fraction of sp³-hybridized carbons (Fsp3) is 0.0189. The van der Waals surface area contributed by atoms with Crippen molar-refractivity contribution in [3.8, 4) is 80.5 Å². The largest absolute Gasteiger partial charge is 0.508 e. The number of hydrogen-bond donors (Lipinski definition) is 14. The van der Waals surface area contributed by atoms with Crippen LogP contribution in [0.25, 0.3) is 10.8 Å². The molecule has 0 aliphatic carbocycles. The number of nitrogens with two attached hydrogens (primary N) is 3. The molecule has 0 amide bonds. The number of nitro groups is 1. The van der Waals surface area contributed by atoms with Crippen molar-refractivity contribution in [3.05, 3.63) is 174 Å². The number of non-ortho nitro benzene ring substituents is 1. The van der Waals surface area contributed by atoms with E-state index in [1.165, 1.54) is 66.7 Å². The second-order valence-corrected chi connectivity index (χ2v) is 21.2. The van der Waals surface area contributed by atoms with Crippen LogP contribution < -0.4 is 41.5 Å². The van der Waals surface area contributed by atoms with Crippen LogP contribution in [-0.2, 0) is 30.4 Å². The number of nitrogens with zero attached hydrogens (tertiary/aromatic N) is 1. The maximum absolute atomic E-state index is 11.3. The zero-order valence-corrected chi connectivity index (χ0v) is 47.8. The minimum Gasteiger partial charge on any atom is -0.508 e. The van der Waals surface area contributed by atoms with Gasteiger partial charge in [0.25, 0.3) is 36.0 Å². The molecule has 0 saturated carbocycles. The van der Waals surface area contributed by atoms with E-state index in [2.05, 4.69) is 5.32 Å². The van der Waals surface area contributed by atoms with Crippen LogP contribution in [0.4, 0.5) is 34.1 Å². The molecule has 17 N–H and O–H groups in total. The van der Waals surface area contributed by atoms with Crippen LogP contribution in [0.1, 0.15) is 0 Å². The van der Waals surface area contributed by atoms with Gasteiger partial charge in [-0.2, -0.15) is 25.3 Å². The van der Waals surface area contributed by atoms with Crippen LogP contribution in [-0.4, -0.2) is 116 Å². The molecule has 84 heavy (non-hydrogen) atoms. The minimum absolute atomic E-state index is 0. The van der Waals surface area contributed by atoms with Gasteiger partial charge in [0.2, 0.25) is 0 Å². The number of anilines is 5. The average molecular weight is 1230 g/mol. The van der Waals surface area contributed by atoms with Crippen molar-refractivity contribution in [1.82, 2.24) is 0 Å². The summed E-state index contributed by atoms with van der Waals surface area (Å²) in [6.45, 7) is 0. The van der Waals surface area contributed by atoms with E-state index in [0.29, 0.717) is 11.4 Å². The van der Waals surface area contributed by atoms with Crippen LogP contribution in [0.2, 0.25) is 0 Å². The van der Waals surface area contributed by atoms with Gasteiger partial charge in [-0.05, 0) is 78.2 Å². The third-order valence-corrected chi connectivity index (χ3v) is 13.1. The van der Waals surface area contributed by atoms with E-state index in [-0.39, 0.29) is 121 Å². The summed E-state index contributed by atoms with van der Waals surface area (Å²) in [7, 11) is -12.1. The van der Waals surface area contributed by atoms with Crippen molar-refractivity contribution in [3.63, 3.8) is 0 Å². The van der Waals surface area contributed by atoms with Crippen LogP contribution in [0, 0.1) is 10.1 Å². The normalized spacial score (nSPS) is 10.9. The number of hydrogen-bond acceptors (Lipinski definition) is 23. The summed E-state index contributed by atoms with van der Waals surface area (Å²) in [5.41, 5.74) is 17.7. The Morgan fingerprint density at radius 3 is 1.19 bits per heavy atom. The van der Waals surface area contributed by atoms with E-state index in [1.54, 1.807) is 43.5 Å². The molecular formula is C53H47N5NaO22S3. The molecule has 0 aromatic heterocycles. The van der Waals surface area contributed by atoms with Gasteiger partial charge in [-0.15, -0.1) is 0 Å². The molecule has 0 fully saturated rings. The third-order valence-electron chi connectivity index (χ3n) is 10.5. The Morgan fingerprint density at radius 2 is 0.821 bits per heavy atom. The summed E-state index contributed by atoms with van der Waals surface area (Å²) < 4.78 is 116. The second-order valence-electron chi connectivity index (χ2n) is 16.9. The number of phenolic OH excluding ortho intramolecular Hbond substituents is 7. The molecule has 27 nitrogen and oxygen atoms in total. The van der Waals surface area contributed by atoms with Gasteiger partial charge in [-0.3, -0.25) is 23.8 Å². The topological polar surface area (TPSA) is 475 Å². The Balaban J connectivity index is 0.000000220. The summed E-state index contributed by atoms with van der Waals surface area (Å²) >= 11 is 0. The summed E-state index contributed by atoms with van der Waals surface area (Å²) in [5, 5.41) is 81.5. The molecule has 1 radical (unpaired) electrons. The van der Waals surface area contributed by atoms with Gasteiger partial charge in [0, 0.05) is 149 Å². The molecule has 435 valence electrons. The van der Waals surface area contributed by atoms with Gasteiger partial charge in [0.1, 0.15) is 85.4 Å². The molecule has 9 aromatic carbocycles. The average Bonchev–Trinajstić information content (AvgIpc) is 2.88. The van der Waals surface area contributed by atoms with E-state index in [1.807, 2.05) is 12.1 Å². The van der Waals surface area contributed by atoms with Crippen molar-refractivity contribution in [2.24, 2.45) is 0 Å². The van der Waals surface area contributed by atoms with Gasteiger partial charge < -0.3 is 77.2 Å². The van der Waals surface area contributed by atoms with Gasteiger partial charge in [0.15, 0.2) is 0 Å². The van der Waals surface area contributed by atoms with Crippen molar-refractivity contribution < 1.29 is 98.5 Å². The third kappa shape index (κ3) is 19.0. The number of rotatable bonds is 13. The van der Waals surface area contributed by atoms with E-state index in [9.17, 15) is 75.7 Å². The number of ether oxygens (including phenoxy) is 4. The number of nitrogen functional groups attached to an aromatic ring is 3. The standard InChI is InChI=1S/C24H18O9.C12H11N3O5S.C10H9NO7S2.C7H9NO.Na/c25-13-1-14(26)4-19(3-13)31-21-7-17(29)9-23(11-21)33-24-10-18(30)8-22(12-24)32-20-5-15(27)2-16(28)6-20;13-8-1-3-9(4-2-8)14-11-6-5-10(15(16)17)7-12(11)21(18,19)20;11-8-3-6(19(13,14)15)1-5-2-7(20(16,17)18)4-9(12)10(5)8;1-9-7-4-2-6(8)3-5-7;/h1-12,25-30H;1-7,14H,13H2,(H,18,19,20);1-4,12H,11H2,(H,13,14,15)(H,16,17,18);2-5H,8H2,1H3;. The van der Waals surface area contributed by atoms with Gasteiger partial charge >= 0.3 is 0 Å². The zero-order valence-electron chi connectivity index (χ0n) is 43.4. The van der Waals surface area contributed by atoms with E-state index in [4.69, 9.17) is 45.3 Å². The molecule has 0 saturated heterocycles. The van der Waals surface area contributed by atoms with Crippen LogP contribution in [0.5, 0.6) is 80.5 Å². The van der Waals surface area contributed by atoms with Gasteiger partial charge in [-0.25, -0.2) is 0 Å². The van der Waals surface area contributed by atoms with Crippen molar-refractivity contribution in [2.75, 3.05) is 29.6 Å². The molecular weight excluding hydrogens is 1180 g/mol. The maximum atomic E-state index is 11.3. The Morgan fingerprint density at radius 1 is 0.452 bits per heavy atom. The molecule has 0 aliphatic heterocycles. The number of benzene rings is 9. The summed E-state index contributed by atoms with van der Waals surface area (Å²) in [6, 6.07) is 35.9. The molecule has 9 rings (SSSR count). The Labute approximate surface area is 498 Å². The smallest absolute Gasteiger partial charge is 0.296 e. The first kappa shape index (κ1) is 65.2. The summed E-state index contributed by atoms with van der Waals surface area (Å²) in [5.74, 6) is 0.00515. The summed E-state index contributed by atoms with van der Waals surface area (Å²) in [4.78, 5) is 8.17. The molecule has 31 heteroatoms. The van der Waals surface area contributed by atoms with Crippen molar-refractivity contribution in [1.29, 1.82) is 0 Å². The number of methoxy groups -OCH3 is 1. The van der Waals surface area contributed by atoms with E-state index >= 15 is 0 Å². The predicted molar refractivity (Wildman–Crippen MR) is 306 cm³/mol. The van der Waals surface area contributed by atoms with Gasteiger partial charge in [-0.1, -0.05) is 0 Å². The predicted octanol–water partition coefficient (Wildman–Crippen LogP) is 8.98. The quantitative estimate of drug-likeness (QED) is 0.0168. The van der Waals surface area contributed by atoms with Gasteiger partial charge in [0.05, 0.1) is 27.5 Å². The first-order valence-corrected chi connectivity index (χ1v) is 27.2. The molecule has 0 unspecified atom stereocenters. The molecule has 0 bridgehead atoms. The second kappa shape index (κ2) is 27.4. The van der Waals surface area contributed by atoms with Crippen molar-refractivity contribution in [2.45, 2.75) is 14.7 Å². The Hall–Kier alpha value is -9.63. The SMILES string of the molecule is COc1ccc(N)cc1.Nc1cc(S(=O)(=O)O)cc2cc(S(=O)(=O)O)cc(O)c12.Nc1ccc(Nc2ccc([N+](=O)[O-])cc2S(=O)(=O)O)cc1.Oc1cc(O)cc(Oc2cc(O)cc(Oc3cc(O)cc(Oc4cc(O)cc(O)c4)c3)c2)c1.[Na]. The number of aromatic hydroxyl groups is 7. The van der Waals surface area contributed by atoms with E-state index < -0.39 is 61.4 Å². The zero-order chi connectivity index (χ0) is 61.1. The maximum Gasteiger partial charge on any atom is 0.296 e. The van der Waals surface area contributed by atoms with Crippen LogP contribution >= 0.6 is 0 Å².